The lowest BCUT2D eigenvalue weighted by Gasteiger charge is -2.58. The zero-order valence-corrected chi connectivity index (χ0v) is 19.2. The van der Waals surface area contributed by atoms with Crippen LogP contribution >= 0.6 is 0 Å². The molecule has 1 nitrogen and oxygen atoms in total. The van der Waals surface area contributed by atoms with Gasteiger partial charge in [0.1, 0.15) is 0 Å². The Labute approximate surface area is 174 Å². The Morgan fingerprint density at radius 2 is 1.75 bits per heavy atom. The van der Waals surface area contributed by atoms with Gasteiger partial charge in [0, 0.05) is 6.42 Å². The van der Waals surface area contributed by atoms with E-state index in [9.17, 15) is 4.79 Å². The van der Waals surface area contributed by atoms with Gasteiger partial charge in [-0.15, -0.1) is 0 Å². The van der Waals surface area contributed by atoms with Gasteiger partial charge < -0.3 is 0 Å². The van der Waals surface area contributed by atoms with Crippen LogP contribution in [0.15, 0.2) is 11.6 Å². The molecule has 0 amide bonds. The van der Waals surface area contributed by atoms with Crippen molar-refractivity contribution < 1.29 is 4.79 Å². The Morgan fingerprint density at radius 3 is 2.50 bits per heavy atom. The molecule has 4 aliphatic rings. The Balaban J connectivity index is 1.49. The minimum atomic E-state index is 0.332. The van der Waals surface area contributed by atoms with Crippen molar-refractivity contribution in [2.45, 2.75) is 105 Å². The van der Waals surface area contributed by atoms with Crippen molar-refractivity contribution in [3.63, 3.8) is 0 Å². The first-order valence-electron chi connectivity index (χ1n) is 12.5. The van der Waals surface area contributed by atoms with E-state index >= 15 is 0 Å². The van der Waals surface area contributed by atoms with E-state index in [0.717, 1.165) is 48.3 Å². The summed E-state index contributed by atoms with van der Waals surface area (Å²) in [5.41, 5.74) is 2.43. The molecule has 4 rings (SSSR count). The lowest BCUT2D eigenvalue weighted by molar-refractivity contribution is -0.117. The summed E-state index contributed by atoms with van der Waals surface area (Å²) in [6, 6.07) is 0. The number of rotatable bonds is 5. The fraction of sp³-hybridized carbons (Fsp3) is 0.889. The Hall–Kier alpha value is -0.590. The van der Waals surface area contributed by atoms with Crippen LogP contribution in [0.5, 0.6) is 0 Å². The number of hydrogen-bond acceptors (Lipinski definition) is 1. The van der Waals surface area contributed by atoms with E-state index in [0.29, 0.717) is 16.6 Å². The highest BCUT2D eigenvalue weighted by atomic mass is 16.1. The van der Waals surface area contributed by atoms with Gasteiger partial charge in [0.15, 0.2) is 5.78 Å². The third kappa shape index (κ3) is 3.33. The standard InChI is InChI=1S/C27H44O/c1-18(2)7-6-8-19(3)23-11-12-24-22-10-9-20-17-21(28)13-15-26(20,4)25(22)14-16-27(23,24)5/h17-19,22-25H,6-16H2,1-5H3/t19-,22-,23+,24+,25-,26+,27-/m1/s1. The Kier molecular flexibility index (Phi) is 5.60. The highest BCUT2D eigenvalue weighted by Gasteiger charge is 2.59. The lowest BCUT2D eigenvalue weighted by Crippen LogP contribution is -2.50. The molecule has 0 aromatic heterocycles. The van der Waals surface area contributed by atoms with Crippen LogP contribution in [0.2, 0.25) is 0 Å². The second-order valence-corrected chi connectivity index (χ2v) is 12.0. The van der Waals surface area contributed by atoms with E-state index in [4.69, 9.17) is 0 Å². The van der Waals surface area contributed by atoms with Gasteiger partial charge in [0.25, 0.3) is 0 Å². The second-order valence-electron chi connectivity index (χ2n) is 12.0. The van der Waals surface area contributed by atoms with E-state index < -0.39 is 0 Å². The summed E-state index contributed by atoms with van der Waals surface area (Å²) >= 11 is 0. The highest BCUT2D eigenvalue weighted by Crippen LogP contribution is 2.67. The van der Waals surface area contributed by atoms with Crippen LogP contribution < -0.4 is 0 Å². The summed E-state index contributed by atoms with van der Waals surface area (Å²) in [7, 11) is 0. The largest absolute Gasteiger partial charge is 0.295 e. The van der Waals surface area contributed by atoms with Gasteiger partial charge in [-0.3, -0.25) is 4.79 Å². The lowest BCUT2D eigenvalue weighted by atomic mass is 9.46. The van der Waals surface area contributed by atoms with E-state index in [1.807, 2.05) is 0 Å². The Morgan fingerprint density at radius 1 is 0.964 bits per heavy atom. The van der Waals surface area contributed by atoms with Crippen LogP contribution in [-0.2, 0) is 4.79 Å². The quantitative estimate of drug-likeness (QED) is 0.477. The molecular weight excluding hydrogens is 340 g/mol. The van der Waals surface area contributed by atoms with Crippen molar-refractivity contribution in [1.82, 2.24) is 0 Å². The fourth-order valence-corrected chi connectivity index (χ4v) is 8.58. The first-order valence-corrected chi connectivity index (χ1v) is 12.5. The number of allylic oxidation sites excluding steroid dienone is 1. The normalized spacial score (nSPS) is 43.9. The third-order valence-electron chi connectivity index (χ3n) is 10.2. The van der Waals surface area contributed by atoms with Crippen molar-refractivity contribution in [3.05, 3.63) is 11.6 Å². The number of ketones is 1. The van der Waals surface area contributed by atoms with E-state index in [-0.39, 0.29) is 0 Å². The second kappa shape index (κ2) is 7.59. The number of hydrogen-bond donors (Lipinski definition) is 0. The number of carbonyl (C=O) groups is 1. The van der Waals surface area contributed by atoms with Gasteiger partial charge >= 0.3 is 0 Å². The smallest absolute Gasteiger partial charge is 0.155 e. The molecule has 4 aliphatic carbocycles. The van der Waals surface area contributed by atoms with Crippen LogP contribution in [-0.4, -0.2) is 5.78 Å². The van der Waals surface area contributed by atoms with Crippen molar-refractivity contribution in [1.29, 1.82) is 0 Å². The highest BCUT2D eigenvalue weighted by molar-refractivity contribution is 5.91. The SMILES string of the molecule is CC(C)CCC[C@@H](C)[C@@H]1CC[C@H]2[C@H]3CCC4=CC(=O)CC[C@]4(C)[C@@H]3CC[C@@]21C. The van der Waals surface area contributed by atoms with E-state index in [2.05, 4.69) is 40.7 Å². The topological polar surface area (TPSA) is 17.1 Å². The number of fused-ring (bicyclic) bond motifs is 5. The predicted molar refractivity (Wildman–Crippen MR) is 118 cm³/mol. The molecule has 3 fully saturated rings. The summed E-state index contributed by atoms with van der Waals surface area (Å²) in [5.74, 6) is 5.79. The van der Waals surface area contributed by atoms with Gasteiger partial charge in [-0.25, -0.2) is 0 Å². The zero-order chi connectivity index (χ0) is 20.1. The van der Waals surface area contributed by atoms with Crippen molar-refractivity contribution in [2.24, 2.45) is 46.3 Å². The van der Waals surface area contributed by atoms with Crippen molar-refractivity contribution >= 4 is 5.78 Å². The maximum Gasteiger partial charge on any atom is 0.155 e. The molecule has 0 radical (unpaired) electrons. The first-order chi connectivity index (χ1) is 13.3. The molecule has 0 spiro atoms. The van der Waals surface area contributed by atoms with Crippen LogP contribution in [0.25, 0.3) is 0 Å². The van der Waals surface area contributed by atoms with Crippen LogP contribution in [0, 0.1) is 46.3 Å². The van der Waals surface area contributed by atoms with Gasteiger partial charge in [0.05, 0.1) is 0 Å². The molecular formula is C27H44O. The molecule has 0 heterocycles. The molecule has 0 N–H and O–H groups in total. The van der Waals surface area contributed by atoms with Crippen molar-refractivity contribution in [2.75, 3.05) is 0 Å². The minimum absolute atomic E-state index is 0.332. The molecule has 0 bridgehead atoms. The first kappa shape index (κ1) is 20.7. The summed E-state index contributed by atoms with van der Waals surface area (Å²) in [6.45, 7) is 12.5. The zero-order valence-electron chi connectivity index (χ0n) is 19.2. The van der Waals surface area contributed by atoms with Gasteiger partial charge in [0.2, 0.25) is 0 Å². The van der Waals surface area contributed by atoms with Crippen LogP contribution in [0.4, 0.5) is 0 Å². The van der Waals surface area contributed by atoms with E-state index in [1.54, 1.807) is 0 Å². The fourth-order valence-electron chi connectivity index (χ4n) is 8.58. The third-order valence-corrected chi connectivity index (χ3v) is 10.2. The average Bonchev–Trinajstić information content (AvgIpc) is 2.99. The van der Waals surface area contributed by atoms with Crippen LogP contribution in [0.3, 0.4) is 0 Å². The molecule has 7 atom stereocenters. The molecule has 0 saturated heterocycles. The predicted octanol–water partition coefficient (Wildman–Crippen LogP) is 7.60. The molecule has 0 unspecified atom stereocenters. The molecule has 3 saturated carbocycles. The molecule has 1 heteroatoms. The summed E-state index contributed by atoms with van der Waals surface area (Å²) in [5, 5.41) is 0. The summed E-state index contributed by atoms with van der Waals surface area (Å²) < 4.78 is 0. The van der Waals surface area contributed by atoms with Crippen LogP contribution in [0.1, 0.15) is 105 Å². The molecule has 158 valence electrons. The minimum Gasteiger partial charge on any atom is -0.295 e. The van der Waals surface area contributed by atoms with E-state index in [1.165, 1.54) is 63.4 Å². The summed E-state index contributed by atoms with van der Waals surface area (Å²) in [4.78, 5) is 12.0. The monoisotopic (exact) mass is 384 g/mol. The molecule has 0 aromatic carbocycles. The maximum atomic E-state index is 12.0. The molecule has 0 aliphatic heterocycles. The average molecular weight is 385 g/mol. The van der Waals surface area contributed by atoms with Crippen molar-refractivity contribution in [3.8, 4) is 0 Å². The molecule has 0 aromatic rings. The van der Waals surface area contributed by atoms with Gasteiger partial charge in [-0.2, -0.15) is 0 Å². The summed E-state index contributed by atoms with van der Waals surface area (Å²) in [6.07, 6.45) is 16.6. The van der Waals surface area contributed by atoms with Gasteiger partial charge in [-0.1, -0.05) is 59.5 Å². The Bertz CT molecular complexity index is 630. The molecule has 28 heavy (non-hydrogen) atoms. The van der Waals surface area contributed by atoms with Gasteiger partial charge in [-0.05, 0) is 97.4 Å². The number of carbonyl (C=O) groups excluding carboxylic acids is 1. The maximum absolute atomic E-state index is 12.0.